The average molecular weight is 394 g/mol. The van der Waals surface area contributed by atoms with Gasteiger partial charge in [0.15, 0.2) is 0 Å². The van der Waals surface area contributed by atoms with Gasteiger partial charge < -0.3 is 20.6 Å². The highest BCUT2D eigenvalue weighted by Gasteiger charge is 2.32. The van der Waals surface area contributed by atoms with Crippen LogP contribution in [-0.2, 0) is 19.5 Å². The van der Waals surface area contributed by atoms with E-state index in [-0.39, 0.29) is 36.6 Å². The summed E-state index contributed by atoms with van der Waals surface area (Å²) in [6.07, 6.45) is -0.213. The third kappa shape index (κ3) is 3.35. The summed E-state index contributed by atoms with van der Waals surface area (Å²) < 4.78 is 14.8. The Bertz CT molecular complexity index is 932. The molecule has 1 unspecified atom stereocenters. The molecule has 1 aromatic carbocycles. The van der Waals surface area contributed by atoms with E-state index in [0.717, 1.165) is 5.69 Å². The van der Waals surface area contributed by atoms with Crippen molar-refractivity contribution in [2.24, 2.45) is 0 Å². The number of anilines is 1. The highest BCUT2D eigenvalue weighted by atomic mass is 35.5. The van der Waals surface area contributed by atoms with Gasteiger partial charge in [-0.3, -0.25) is 9.48 Å². The van der Waals surface area contributed by atoms with Gasteiger partial charge in [-0.25, -0.2) is 9.18 Å². The number of aliphatic hydroxyl groups is 1. The van der Waals surface area contributed by atoms with Crippen LogP contribution in [0.5, 0.6) is 0 Å². The Hall–Kier alpha value is -2.65. The topological polar surface area (TPSA) is 99.5 Å². The summed E-state index contributed by atoms with van der Waals surface area (Å²) >= 11 is 5.74. The van der Waals surface area contributed by atoms with Gasteiger partial charge in [-0.1, -0.05) is 11.6 Å². The Morgan fingerprint density at radius 2 is 2.26 bits per heavy atom. The van der Waals surface area contributed by atoms with Crippen molar-refractivity contribution in [2.75, 3.05) is 18.4 Å². The van der Waals surface area contributed by atoms with Crippen LogP contribution in [0.15, 0.2) is 18.2 Å². The summed E-state index contributed by atoms with van der Waals surface area (Å²) in [5, 5.41) is 19.6. The zero-order valence-electron chi connectivity index (χ0n) is 14.2. The molecular weight excluding hydrogens is 377 g/mol. The molecule has 0 radical (unpaired) electrons. The molecular formula is C17H17ClFN5O3. The minimum atomic E-state index is -0.709. The fourth-order valence-electron chi connectivity index (χ4n) is 3.32. The minimum Gasteiger partial charge on any atom is -0.389 e. The van der Waals surface area contributed by atoms with Crippen LogP contribution >= 0.6 is 11.6 Å². The SMILES string of the molecule is O=C1NCC(O)Cn2nc3c(c21)CN(C(=O)Nc1ccc(F)c(Cl)c1)CC3. The average Bonchev–Trinajstić information content (AvgIpc) is 2.92. The molecule has 2 aromatic rings. The van der Waals surface area contributed by atoms with Crippen LogP contribution in [0.1, 0.15) is 21.7 Å². The molecule has 0 saturated carbocycles. The normalized spacial score (nSPS) is 19.0. The van der Waals surface area contributed by atoms with Gasteiger partial charge in [0.1, 0.15) is 11.5 Å². The highest BCUT2D eigenvalue weighted by molar-refractivity contribution is 6.31. The summed E-state index contributed by atoms with van der Waals surface area (Å²) in [5.41, 5.74) is 2.19. The number of hydrogen-bond acceptors (Lipinski definition) is 4. The molecule has 3 heterocycles. The van der Waals surface area contributed by atoms with E-state index in [4.69, 9.17) is 11.6 Å². The van der Waals surface area contributed by atoms with Crippen molar-refractivity contribution in [1.82, 2.24) is 20.0 Å². The van der Waals surface area contributed by atoms with Crippen molar-refractivity contribution in [3.05, 3.63) is 46.0 Å². The van der Waals surface area contributed by atoms with Gasteiger partial charge in [-0.2, -0.15) is 5.10 Å². The molecule has 27 heavy (non-hydrogen) atoms. The van der Waals surface area contributed by atoms with Gasteiger partial charge in [0.25, 0.3) is 5.91 Å². The Morgan fingerprint density at radius 1 is 1.44 bits per heavy atom. The minimum absolute atomic E-state index is 0.0779. The second-order valence-electron chi connectivity index (χ2n) is 6.55. The van der Waals surface area contributed by atoms with Crippen molar-refractivity contribution in [3.8, 4) is 0 Å². The third-order valence-electron chi connectivity index (χ3n) is 4.66. The molecule has 2 aliphatic heterocycles. The summed E-state index contributed by atoms with van der Waals surface area (Å²) in [5.74, 6) is -0.874. The number of rotatable bonds is 1. The molecule has 0 aliphatic carbocycles. The first-order chi connectivity index (χ1) is 12.9. The number of benzene rings is 1. The first-order valence-corrected chi connectivity index (χ1v) is 8.86. The number of aromatic nitrogens is 2. The highest BCUT2D eigenvalue weighted by Crippen LogP contribution is 2.25. The predicted molar refractivity (Wildman–Crippen MR) is 95.1 cm³/mol. The van der Waals surface area contributed by atoms with Gasteiger partial charge in [0.05, 0.1) is 29.9 Å². The van der Waals surface area contributed by atoms with Crippen molar-refractivity contribution >= 4 is 29.2 Å². The molecule has 0 fully saturated rings. The lowest BCUT2D eigenvalue weighted by molar-refractivity contribution is 0.0928. The molecule has 2 aliphatic rings. The number of halogens is 2. The number of fused-ring (bicyclic) bond motifs is 3. The predicted octanol–water partition coefficient (Wildman–Crippen LogP) is 1.37. The Morgan fingerprint density at radius 3 is 3.04 bits per heavy atom. The van der Waals surface area contributed by atoms with Crippen molar-refractivity contribution in [1.29, 1.82) is 0 Å². The van der Waals surface area contributed by atoms with E-state index >= 15 is 0 Å². The molecule has 0 bridgehead atoms. The zero-order valence-corrected chi connectivity index (χ0v) is 15.0. The molecule has 1 atom stereocenters. The standard InChI is InChI=1S/C17H17ClFN5O3/c18-12-5-9(1-2-13(12)19)21-17(27)23-4-3-14-11(8-23)15-16(26)20-6-10(25)7-24(15)22-14/h1-2,5,10,25H,3-4,6-8H2,(H,20,26)(H,21,27). The molecule has 1 aromatic heterocycles. The van der Waals surface area contributed by atoms with E-state index < -0.39 is 11.9 Å². The van der Waals surface area contributed by atoms with Gasteiger partial charge in [-0.05, 0) is 18.2 Å². The maximum Gasteiger partial charge on any atom is 0.322 e. The monoisotopic (exact) mass is 393 g/mol. The maximum atomic E-state index is 13.3. The van der Waals surface area contributed by atoms with Crippen LogP contribution in [0, 0.1) is 5.82 Å². The van der Waals surface area contributed by atoms with E-state index in [9.17, 15) is 19.1 Å². The first kappa shape index (κ1) is 17.7. The molecule has 3 N–H and O–H groups in total. The smallest absolute Gasteiger partial charge is 0.322 e. The Kier molecular flexibility index (Phi) is 4.48. The van der Waals surface area contributed by atoms with Gasteiger partial charge >= 0.3 is 6.03 Å². The Labute approximate surface area is 158 Å². The summed E-state index contributed by atoms with van der Waals surface area (Å²) in [6, 6.07) is 3.57. The van der Waals surface area contributed by atoms with Crippen LogP contribution < -0.4 is 10.6 Å². The lowest BCUT2D eigenvalue weighted by Crippen LogP contribution is -2.39. The van der Waals surface area contributed by atoms with Crippen LogP contribution in [0.2, 0.25) is 5.02 Å². The number of carbonyl (C=O) groups is 2. The number of carbonyl (C=O) groups excluding carboxylic acids is 2. The molecule has 0 spiro atoms. The van der Waals surface area contributed by atoms with Crippen LogP contribution in [0.3, 0.4) is 0 Å². The van der Waals surface area contributed by atoms with E-state index in [1.807, 2.05) is 0 Å². The van der Waals surface area contributed by atoms with Crippen LogP contribution in [0.4, 0.5) is 14.9 Å². The molecule has 10 heteroatoms. The number of urea groups is 1. The van der Waals surface area contributed by atoms with Gasteiger partial charge in [0.2, 0.25) is 0 Å². The molecule has 8 nitrogen and oxygen atoms in total. The molecule has 3 amide bonds. The second-order valence-corrected chi connectivity index (χ2v) is 6.96. The third-order valence-corrected chi connectivity index (χ3v) is 4.95. The van der Waals surface area contributed by atoms with E-state index in [2.05, 4.69) is 15.7 Å². The van der Waals surface area contributed by atoms with Crippen molar-refractivity contribution < 1.29 is 19.1 Å². The summed E-state index contributed by atoms with van der Waals surface area (Å²) in [6.45, 7) is 1.02. The lowest BCUT2D eigenvalue weighted by atomic mass is 10.1. The largest absolute Gasteiger partial charge is 0.389 e. The maximum absolute atomic E-state index is 13.3. The number of hydrogen-bond donors (Lipinski definition) is 3. The van der Waals surface area contributed by atoms with E-state index in [1.54, 1.807) is 4.90 Å². The quantitative estimate of drug-likeness (QED) is 0.681. The number of aliphatic hydroxyl groups excluding tert-OH is 1. The van der Waals surface area contributed by atoms with E-state index in [0.29, 0.717) is 29.9 Å². The molecule has 142 valence electrons. The lowest BCUT2D eigenvalue weighted by Gasteiger charge is -2.27. The van der Waals surface area contributed by atoms with E-state index in [1.165, 1.54) is 22.9 Å². The zero-order chi connectivity index (χ0) is 19.1. The van der Waals surface area contributed by atoms with Crippen molar-refractivity contribution in [3.63, 3.8) is 0 Å². The first-order valence-electron chi connectivity index (χ1n) is 8.48. The number of nitrogens with zero attached hydrogens (tertiary/aromatic N) is 3. The van der Waals surface area contributed by atoms with Gasteiger partial charge in [0, 0.05) is 30.8 Å². The van der Waals surface area contributed by atoms with Crippen LogP contribution in [-0.4, -0.2) is 50.9 Å². The fourth-order valence-corrected chi connectivity index (χ4v) is 3.50. The number of amides is 3. The molecule has 0 saturated heterocycles. The Balaban J connectivity index is 1.55. The number of β-amino-alcohol motifs (C(OH)–C–C–N with tert-alkyl or cyclic N) is 1. The fraction of sp³-hybridized carbons (Fsp3) is 0.353. The molecule has 4 rings (SSSR count). The summed E-state index contributed by atoms with van der Waals surface area (Å²) in [7, 11) is 0. The second kappa shape index (κ2) is 6.82. The number of nitrogens with one attached hydrogen (secondary N) is 2. The van der Waals surface area contributed by atoms with Crippen LogP contribution in [0.25, 0.3) is 0 Å². The van der Waals surface area contributed by atoms with Gasteiger partial charge in [-0.15, -0.1) is 0 Å². The summed E-state index contributed by atoms with van der Waals surface area (Å²) in [4.78, 5) is 26.5. The van der Waals surface area contributed by atoms with Crippen molar-refractivity contribution in [2.45, 2.75) is 25.6 Å².